The molecule has 0 aliphatic rings. The summed E-state index contributed by atoms with van der Waals surface area (Å²) in [6, 6.07) is 0. The van der Waals surface area contributed by atoms with Crippen molar-refractivity contribution in [2.24, 2.45) is 21.7 Å². The van der Waals surface area contributed by atoms with Crippen LogP contribution in [0.2, 0.25) is 0 Å². The number of aldehydes is 2. The fraction of sp³-hybridized carbons (Fsp3) is 0.850. The number of carbonyl (C=O) groups is 3. The van der Waals surface area contributed by atoms with E-state index in [0.29, 0.717) is 0 Å². The molecule has 0 bridgehead atoms. The third kappa shape index (κ3) is 16.8. The minimum atomic E-state index is -0.870. The maximum atomic E-state index is 11.4. The quantitative estimate of drug-likeness (QED) is 0.327. The lowest BCUT2D eigenvalue weighted by molar-refractivity contribution is -0.159. The fourth-order valence-corrected chi connectivity index (χ4v) is 0.641. The zero-order valence-corrected chi connectivity index (χ0v) is 18.6. The van der Waals surface area contributed by atoms with Crippen LogP contribution < -0.4 is 0 Å². The molecule has 0 aromatic heterocycles. The van der Waals surface area contributed by atoms with Crippen molar-refractivity contribution in [1.82, 2.24) is 0 Å². The summed E-state index contributed by atoms with van der Waals surface area (Å²) in [6.07, 6.45) is 1.49. The minimum absolute atomic E-state index is 0.0418. The normalized spacial score (nSPS) is 12.0. The summed E-state index contributed by atoms with van der Waals surface area (Å²) >= 11 is 0. The summed E-state index contributed by atoms with van der Waals surface area (Å²) in [6.45, 7) is 13.3. The topological polar surface area (TPSA) is 141 Å². The van der Waals surface area contributed by atoms with Crippen LogP contribution in [0.4, 0.5) is 0 Å². The molecule has 168 valence electrons. The first-order valence-corrected chi connectivity index (χ1v) is 9.03. The Balaban J connectivity index is -0.000000375. The molecule has 0 rings (SSSR count). The van der Waals surface area contributed by atoms with Crippen molar-refractivity contribution in [3.63, 3.8) is 0 Å². The van der Waals surface area contributed by atoms with Crippen molar-refractivity contribution in [2.45, 2.75) is 55.4 Å². The molecule has 0 aromatic rings. The van der Waals surface area contributed by atoms with Gasteiger partial charge >= 0.3 is 5.97 Å². The molecule has 0 saturated heterocycles. The van der Waals surface area contributed by atoms with Gasteiger partial charge in [-0.05, 0) is 13.8 Å². The molecule has 4 N–H and O–H groups in total. The monoisotopic (exact) mass is 408 g/mol. The smallest absolute Gasteiger partial charge is 0.313 e. The Labute approximate surface area is 168 Å². The maximum absolute atomic E-state index is 11.4. The van der Waals surface area contributed by atoms with Crippen LogP contribution in [0, 0.1) is 21.7 Å². The van der Waals surface area contributed by atoms with Gasteiger partial charge in [0.1, 0.15) is 12.6 Å². The summed E-state index contributed by atoms with van der Waals surface area (Å²) < 4.78 is 4.99. The van der Waals surface area contributed by atoms with Crippen LogP contribution in [-0.2, 0) is 19.1 Å². The molecular weight excluding hydrogens is 368 g/mol. The second-order valence-corrected chi connectivity index (χ2v) is 9.47. The minimum Gasteiger partial charge on any atom is -0.465 e. The SMILES string of the molecule is CC(C)(C=O)CO.CC(C)(C=O)CO.CC(C)(CO)COC(=O)C(C)(C)CO. The molecule has 0 aliphatic heterocycles. The van der Waals surface area contributed by atoms with Crippen molar-refractivity contribution in [3.05, 3.63) is 0 Å². The highest BCUT2D eigenvalue weighted by Gasteiger charge is 2.30. The van der Waals surface area contributed by atoms with Crippen LogP contribution in [0.25, 0.3) is 0 Å². The van der Waals surface area contributed by atoms with Gasteiger partial charge in [-0.3, -0.25) is 4.79 Å². The van der Waals surface area contributed by atoms with Crippen LogP contribution in [-0.4, -0.2) is 72.0 Å². The van der Waals surface area contributed by atoms with Crippen molar-refractivity contribution in [3.8, 4) is 0 Å². The lowest BCUT2D eigenvalue weighted by Crippen LogP contribution is -2.34. The summed E-state index contributed by atoms with van der Waals surface area (Å²) in [4.78, 5) is 31.2. The fourth-order valence-electron chi connectivity index (χ4n) is 0.641. The molecule has 0 spiro atoms. The molecule has 0 radical (unpaired) electrons. The first-order chi connectivity index (χ1) is 12.5. The van der Waals surface area contributed by atoms with Gasteiger partial charge in [0, 0.05) is 16.2 Å². The van der Waals surface area contributed by atoms with Crippen molar-refractivity contribution in [1.29, 1.82) is 0 Å². The molecule has 0 atom stereocenters. The third-order valence-corrected chi connectivity index (χ3v) is 3.42. The Morgan fingerprint density at radius 2 is 1.07 bits per heavy atom. The first kappa shape index (κ1) is 31.3. The third-order valence-electron chi connectivity index (χ3n) is 3.42. The molecule has 8 nitrogen and oxygen atoms in total. The Morgan fingerprint density at radius 3 is 1.25 bits per heavy atom. The van der Waals surface area contributed by atoms with E-state index in [1.807, 2.05) is 0 Å². The standard InChI is InChI=1S/C10H20O4.2C5H10O2/c1-9(2,5-11)7-14-8(13)10(3,4)6-12;2*1-5(2,3-6)4-7/h11-12H,5-7H2,1-4H3;2*3,7H,4H2,1-2H3. The summed E-state index contributed by atoms with van der Waals surface area (Å²) in [7, 11) is 0. The molecule has 0 amide bonds. The molecule has 0 aliphatic carbocycles. The highest BCUT2D eigenvalue weighted by atomic mass is 16.5. The summed E-state index contributed by atoms with van der Waals surface area (Å²) in [5.41, 5.74) is -2.38. The van der Waals surface area contributed by atoms with Gasteiger partial charge in [-0.15, -0.1) is 0 Å². The van der Waals surface area contributed by atoms with Crippen LogP contribution in [0.1, 0.15) is 55.4 Å². The first-order valence-electron chi connectivity index (χ1n) is 9.03. The Kier molecular flexibility index (Phi) is 15.4. The van der Waals surface area contributed by atoms with Crippen LogP contribution in [0.3, 0.4) is 0 Å². The van der Waals surface area contributed by atoms with E-state index in [1.54, 1.807) is 55.4 Å². The van der Waals surface area contributed by atoms with Gasteiger partial charge < -0.3 is 34.8 Å². The second-order valence-electron chi connectivity index (χ2n) is 9.47. The highest BCUT2D eigenvalue weighted by Crippen LogP contribution is 2.19. The van der Waals surface area contributed by atoms with Crippen molar-refractivity contribution in [2.75, 3.05) is 33.0 Å². The average Bonchev–Trinajstić information content (AvgIpc) is 2.67. The van der Waals surface area contributed by atoms with Gasteiger partial charge in [0.05, 0.1) is 38.4 Å². The van der Waals surface area contributed by atoms with E-state index < -0.39 is 27.6 Å². The van der Waals surface area contributed by atoms with E-state index in [1.165, 1.54) is 0 Å². The van der Waals surface area contributed by atoms with Gasteiger partial charge in [-0.1, -0.05) is 41.5 Å². The van der Waals surface area contributed by atoms with Gasteiger partial charge in [0.25, 0.3) is 0 Å². The van der Waals surface area contributed by atoms with Crippen molar-refractivity contribution >= 4 is 18.5 Å². The van der Waals surface area contributed by atoms with E-state index >= 15 is 0 Å². The zero-order valence-electron chi connectivity index (χ0n) is 18.6. The number of aliphatic hydroxyl groups is 4. The van der Waals surface area contributed by atoms with Gasteiger partial charge in [0.15, 0.2) is 0 Å². The highest BCUT2D eigenvalue weighted by molar-refractivity contribution is 5.76. The molecule has 8 heteroatoms. The largest absolute Gasteiger partial charge is 0.465 e. The van der Waals surface area contributed by atoms with Gasteiger partial charge in [0.2, 0.25) is 0 Å². The van der Waals surface area contributed by atoms with E-state index in [-0.39, 0.29) is 33.0 Å². The molecule has 28 heavy (non-hydrogen) atoms. The maximum Gasteiger partial charge on any atom is 0.313 e. The number of hydrogen-bond donors (Lipinski definition) is 4. The van der Waals surface area contributed by atoms with Crippen LogP contribution in [0.5, 0.6) is 0 Å². The number of hydrogen-bond acceptors (Lipinski definition) is 8. The van der Waals surface area contributed by atoms with E-state index in [0.717, 1.165) is 12.6 Å². The van der Waals surface area contributed by atoms with Gasteiger partial charge in [-0.25, -0.2) is 0 Å². The molecule has 0 saturated carbocycles. The number of ether oxygens (including phenoxy) is 1. The van der Waals surface area contributed by atoms with Crippen LogP contribution >= 0.6 is 0 Å². The second kappa shape index (κ2) is 13.8. The summed E-state index contributed by atoms with van der Waals surface area (Å²) in [5, 5.41) is 34.6. The van der Waals surface area contributed by atoms with Gasteiger partial charge in [-0.2, -0.15) is 0 Å². The Morgan fingerprint density at radius 1 is 0.714 bits per heavy atom. The lowest BCUT2D eigenvalue weighted by Gasteiger charge is -2.25. The van der Waals surface area contributed by atoms with E-state index in [4.69, 9.17) is 25.2 Å². The van der Waals surface area contributed by atoms with E-state index in [2.05, 4.69) is 0 Å². The Bertz CT molecular complexity index is 433. The van der Waals surface area contributed by atoms with E-state index in [9.17, 15) is 14.4 Å². The Hall–Kier alpha value is -1.35. The molecule has 0 heterocycles. The number of rotatable bonds is 9. The molecule has 0 unspecified atom stereocenters. The summed E-state index contributed by atoms with van der Waals surface area (Å²) in [5.74, 6) is -0.443. The molecular formula is C20H40O8. The molecule has 0 aromatic carbocycles. The van der Waals surface area contributed by atoms with Crippen molar-refractivity contribution < 1.29 is 39.5 Å². The van der Waals surface area contributed by atoms with Crippen LogP contribution in [0.15, 0.2) is 0 Å². The predicted molar refractivity (Wildman–Crippen MR) is 107 cm³/mol. The molecule has 0 fully saturated rings. The number of aliphatic hydroxyl groups excluding tert-OH is 4. The zero-order chi connectivity index (χ0) is 23.2. The lowest BCUT2D eigenvalue weighted by atomic mass is 9.94. The predicted octanol–water partition coefficient (Wildman–Crippen LogP) is 0.974. The number of esters is 1. The average molecular weight is 409 g/mol. The number of carbonyl (C=O) groups excluding carboxylic acids is 3.